The van der Waals surface area contributed by atoms with Crippen molar-refractivity contribution >= 4 is 34.4 Å². The van der Waals surface area contributed by atoms with Gasteiger partial charge in [0.1, 0.15) is 18.1 Å². The molecule has 3 N–H and O–H groups in total. The normalized spacial score (nSPS) is 18.8. The second-order valence-corrected chi connectivity index (χ2v) is 8.09. The highest BCUT2D eigenvalue weighted by atomic mass is 16.5. The Morgan fingerprint density at radius 1 is 1.34 bits per heavy atom. The topological polar surface area (TPSA) is 135 Å². The van der Waals surface area contributed by atoms with Gasteiger partial charge in [-0.25, -0.2) is 9.50 Å². The number of carbonyl (C=O) groups excluding carboxylic acids is 2. The summed E-state index contributed by atoms with van der Waals surface area (Å²) in [6, 6.07) is 3.55. The number of anilines is 2. The molecule has 3 aromatic rings. The van der Waals surface area contributed by atoms with E-state index in [0.717, 1.165) is 41.9 Å². The third kappa shape index (κ3) is 3.55. The second kappa shape index (κ2) is 7.98. The number of nitrogen functional groups attached to an aromatic ring is 1. The van der Waals surface area contributed by atoms with Gasteiger partial charge in [-0.2, -0.15) is 5.10 Å². The van der Waals surface area contributed by atoms with Gasteiger partial charge in [-0.15, -0.1) is 0 Å². The Hall–Kier alpha value is -3.89. The Morgan fingerprint density at radius 2 is 2.22 bits per heavy atom. The first kappa shape index (κ1) is 20.0. The van der Waals surface area contributed by atoms with E-state index in [1.807, 2.05) is 6.08 Å². The lowest BCUT2D eigenvalue weighted by Gasteiger charge is -2.34. The number of piperidine rings is 1. The molecule has 2 amide bonds. The first-order chi connectivity index (χ1) is 15.5. The zero-order chi connectivity index (χ0) is 22.2. The lowest BCUT2D eigenvalue weighted by Crippen LogP contribution is -2.47. The molecule has 0 radical (unpaired) electrons. The Morgan fingerprint density at radius 3 is 2.97 bits per heavy atom. The molecule has 5 rings (SSSR count). The van der Waals surface area contributed by atoms with Crippen LogP contribution in [0.4, 0.5) is 11.5 Å². The lowest BCUT2D eigenvalue weighted by atomic mass is 10.0. The van der Waals surface area contributed by atoms with Crippen molar-refractivity contribution in [1.29, 1.82) is 0 Å². The number of amides is 2. The SMILES string of the molecule is CC(=O)N1CC=C(c2cc(N3CCC[C@@H](NC(=O)c4ccon4)C3)c3c(N)ncnn23)C1. The second-order valence-electron chi connectivity index (χ2n) is 8.09. The highest BCUT2D eigenvalue weighted by Gasteiger charge is 2.28. The van der Waals surface area contributed by atoms with Crippen molar-refractivity contribution in [3.63, 3.8) is 0 Å². The molecule has 0 spiro atoms. The van der Waals surface area contributed by atoms with Gasteiger partial charge in [0.2, 0.25) is 5.91 Å². The van der Waals surface area contributed by atoms with Crippen LogP contribution in [0.25, 0.3) is 11.1 Å². The summed E-state index contributed by atoms with van der Waals surface area (Å²) in [5.74, 6) is 0.168. The predicted octanol–water partition coefficient (Wildman–Crippen LogP) is 0.944. The van der Waals surface area contributed by atoms with E-state index in [2.05, 4.69) is 31.5 Å². The molecule has 166 valence electrons. The van der Waals surface area contributed by atoms with Crippen LogP contribution in [-0.4, -0.2) is 68.7 Å². The van der Waals surface area contributed by atoms with Gasteiger partial charge >= 0.3 is 0 Å². The minimum atomic E-state index is -0.253. The summed E-state index contributed by atoms with van der Waals surface area (Å²) in [5.41, 5.74) is 10.1. The van der Waals surface area contributed by atoms with Gasteiger partial charge in [0.15, 0.2) is 11.5 Å². The van der Waals surface area contributed by atoms with Crippen molar-refractivity contribution in [3.05, 3.63) is 42.2 Å². The quantitative estimate of drug-likeness (QED) is 0.617. The number of rotatable bonds is 4. The first-order valence-electron chi connectivity index (χ1n) is 10.5. The van der Waals surface area contributed by atoms with Crippen LogP contribution in [0, 0.1) is 0 Å². The van der Waals surface area contributed by atoms with Crippen molar-refractivity contribution < 1.29 is 14.1 Å². The Balaban J connectivity index is 1.43. The van der Waals surface area contributed by atoms with E-state index >= 15 is 0 Å². The minimum Gasteiger partial charge on any atom is -0.382 e. The van der Waals surface area contributed by atoms with E-state index in [-0.39, 0.29) is 23.6 Å². The maximum atomic E-state index is 12.4. The summed E-state index contributed by atoms with van der Waals surface area (Å²) >= 11 is 0. The van der Waals surface area contributed by atoms with E-state index in [1.54, 1.807) is 22.4 Å². The fraction of sp³-hybridized carbons (Fsp3) is 0.381. The molecule has 1 saturated heterocycles. The van der Waals surface area contributed by atoms with Crippen LogP contribution in [0.2, 0.25) is 0 Å². The van der Waals surface area contributed by atoms with E-state index < -0.39 is 0 Å². The van der Waals surface area contributed by atoms with Crippen LogP contribution in [0.1, 0.15) is 35.9 Å². The minimum absolute atomic E-state index is 0.0354. The fourth-order valence-electron chi connectivity index (χ4n) is 4.40. The average molecular weight is 436 g/mol. The van der Waals surface area contributed by atoms with E-state index in [4.69, 9.17) is 10.3 Å². The third-order valence-electron chi connectivity index (χ3n) is 6.02. The summed E-state index contributed by atoms with van der Waals surface area (Å²) in [6.07, 6.45) is 6.63. The standard InChI is InChI=1S/C21H24N8O3/c1-13(30)27-7-4-14(10-27)17-9-18(19-20(22)23-12-24-29(17)19)28-6-2-3-15(11-28)25-21(31)16-5-8-32-26-16/h4-5,8-9,12,15H,2-3,6-7,10-11H2,1H3,(H,25,31)(H2,22,23,24)/t15-/m1/s1. The van der Waals surface area contributed by atoms with Crippen LogP contribution in [0.3, 0.4) is 0 Å². The number of hydrogen-bond donors (Lipinski definition) is 2. The average Bonchev–Trinajstić information content (AvgIpc) is 3.53. The maximum absolute atomic E-state index is 12.4. The Kier molecular flexibility index (Phi) is 5.00. The zero-order valence-electron chi connectivity index (χ0n) is 17.7. The molecular weight excluding hydrogens is 412 g/mol. The van der Waals surface area contributed by atoms with Crippen molar-refractivity contribution in [3.8, 4) is 0 Å². The van der Waals surface area contributed by atoms with E-state index in [0.29, 0.717) is 25.5 Å². The van der Waals surface area contributed by atoms with Gasteiger partial charge in [-0.05, 0) is 24.5 Å². The molecule has 0 aromatic carbocycles. The number of nitrogens with zero attached hydrogens (tertiary/aromatic N) is 6. The fourth-order valence-corrected chi connectivity index (χ4v) is 4.40. The third-order valence-corrected chi connectivity index (χ3v) is 6.02. The number of aromatic nitrogens is 4. The number of nitrogens with one attached hydrogen (secondary N) is 1. The number of hydrogen-bond acceptors (Lipinski definition) is 8. The monoisotopic (exact) mass is 436 g/mol. The largest absolute Gasteiger partial charge is 0.382 e. The van der Waals surface area contributed by atoms with E-state index in [9.17, 15) is 9.59 Å². The molecule has 0 aliphatic carbocycles. The zero-order valence-corrected chi connectivity index (χ0v) is 17.7. The molecule has 0 saturated carbocycles. The highest BCUT2D eigenvalue weighted by molar-refractivity contribution is 5.92. The Bertz CT molecular complexity index is 1200. The molecule has 1 atom stereocenters. The van der Waals surface area contributed by atoms with Gasteiger partial charge in [0, 0.05) is 45.2 Å². The summed E-state index contributed by atoms with van der Waals surface area (Å²) in [4.78, 5) is 32.4. The Labute approximate surface area is 183 Å². The van der Waals surface area contributed by atoms with E-state index in [1.165, 1.54) is 12.6 Å². The number of fused-ring (bicyclic) bond motifs is 1. The molecule has 2 aliphatic heterocycles. The summed E-state index contributed by atoms with van der Waals surface area (Å²) in [6.45, 7) is 4.12. The summed E-state index contributed by atoms with van der Waals surface area (Å²) in [7, 11) is 0. The molecule has 3 aromatic heterocycles. The van der Waals surface area contributed by atoms with Gasteiger partial charge < -0.3 is 25.4 Å². The predicted molar refractivity (Wildman–Crippen MR) is 117 cm³/mol. The van der Waals surface area contributed by atoms with Crippen LogP contribution in [0.15, 0.2) is 35.3 Å². The molecular formula is C21H24N8O3. The molecule has 11 nitrogen and oxygen atoms in total. The molecule has 5 heterocycles. The van der Waals surface area contributed by atoms with Crippen molar-refractivity contribution in [2.45, 2.75) is 25.8 Å². The van der Waals surface area contributed by atoms with Gasteiger partial charge in [-0.3, -0.25) is 9.59 Å². The van der Waals surface area contributed by atoms with Gasteiger partial charge in [0.05, 0.1) is 11.4 Å². The lowest BCUT2D eigenvalue weighted by molar-refractivity contribution is -0.127. The molecule has 0 bridgehead atoms. The summed E-state index contributed by atoms with van der Waals surface area (Å²) < 4.78 is 6.57. The maximum Gasteiger partial charge on any atom is 0.273 e. The molecule has 0 unspecified atom stereocenters. The van der Waals surface area contributed by atoms with Gasteiger partial charge in [0.25, 0.3) is 5.91 Å². The van der Waals surface area contributed by atoms with Crippen LogP contribution in [0.5, 0.6) is 0 Å². The van der Waals surface area contributed by atoms with Gasteiger partial charge in [-0.1, -0.05) is 11.2 Å². The van der Waals surface area contributed by atoms with Crippen molar-refractivity contribution in [1.82, 2.24) is 30.0 Å². The van der Waals surface area contributed by atoms with Crippen LogP contribution in [-0.2, 0) is 4.79 Å². The molecule has 2 aliphatic rings. The number of carbonyl (C=O) groups is 2. The smallest absolute Gasteiger partial charge is 0.273 e. The molecule has 11 heteroatoms. The van der Waals surface area contributed by atoms with Crippen LogP contribution >= 0.6 is 0 Å². The van der Waals surface area contributed by atoms with Crippen LogP contribution < -0.4 is 16.0 Å². The highest BCUT2D eigenvalue weighted by Crippen LogP contribution is 2.34. The number of nitrogens with two attached hydrogens (primary N) is 1. The van der Waals surface area contributed by atoms with Crippen molar-refractivity contribution in [2.24, 2.45) is 0 Å². The molecule has 32 heavy (non-hydrogen) atoms. The van der Waals surface area contributed by atoms with Crippen molar-refractivity contribution in [2.75, 3.05) is 36.8 Å². The first-order valence-corrected chi connectivity index (χ1v) is 10.5. The molecule has 1 fully saturated rings. The summed E-state index contributed by atoms with van der Waals surface area (Å²) in [5, 5.41) is 11.2.